The maximum absolute atomic E-state index is 3.60. The Morgan fingerprint density at radius 1 is 1.28 bits per heavy atom. The van der Waals surface area contributed by atoms with Gasteiger partial charge in [-0.2, -0.15) is 0 Å². The van der Waals surface area contributed by atoms with Crippen LogP contribution < -0.4 is 10.6 Å². The number of hydrogen-bond donors (Lipinski definition) is 2. The fraction of sp³-hybridized carbons (Fsp3) is 0.467. The van der Waals surface area contributed by atoms with Gasteiger partial charge in [-0.3, -0.25) is 0 Å². The Bertz CT molecular complexity index is 500. The van der Waals surface area contributed by atoms with Crippen molar-refractivity contribution in [1.82, 2.24) is 5.32 Å². The summed E-state index contributed by atoms with van der Waals surface area (Å²) in [6.07, 6.45) is 5.30. The molecule has 0 radical (unpaired) electrons. The number of piperidine rings is 1. The van der Waals surface area contributed by atoms with Crippen LogP contribution in [0, 0.1) is 0 Å². The smallest absolute Gasteiger partial charge is 0.0528 e. The van der Waals surface area contributed by atoms with E-state index in [4.69, 9.17) is 0 Å². The van der Waals surface area contributed by atoms with Crippen molar-refractivity contribution in [3.8, 4) is 0 Å². The van der Waals surface area contributed by atoms with Gasteiger partial charge in [-0.05, 0) is 31.9 Å². The van der Waals surface area contributed by atoms with Crippen LogP contribution in [0.1, 0.15) is 25.7 Å². The van der Waals surface area contributed by atoms with Crippen LogP contribution in [0.5, 0.6) is 0 Å². The molecule has 2 N–H and O–H groups in total. The molecular formula is C15H20N2S. The molecule has 1 aromatic heterocycles. The molecule has 3 rings (SSSR count). The van der Waals surface area contributed by atoms with Crippen molar-refractivity contribution in [1.29, 1.82) is 0 Å². The number of hydrogen-bond acceptors (Lipinski definition) is 3. The quantitative estimate of drug-likeness (QED) is 0.872. The highest BCUT2D eigenvalue weighted by atomic mass is 32.1. The lowest BCUT2D eigenvalue weighted by Crippen LogP contribution is -2.35. The monoisotopic (exact) mass is 260 g/mol. The van der Waals surface area contributed by atoms with Crippen molar-refractivity contribution in [3.05, 3.63) is 29.6 Å². The second-order valence-electron chi connectivity index (χ2n) is 5.01. The maximum Gasteiger partial charge on any atom is 0.0528 e. The molecule has 18 heavy (non-hydrogen) atoms. The number of anilines is 1. The summed E-state index contributed by atoms with van der Waals surface area (Å²) in [6.45, 7) is 2.27. The third kappa shape index (κ3) is 2.68. The summed E-state index contributed by atoms with van der Waals surface area (Å²) in [6, 6.07) is 9.33. The number of fused-ring (bicyclic) bond motifs is 1. The first-order valence-corrected chi connectivity index (χ1v) is 7.75. The van der Waals surface area contributed by atoms with Gasteiger partial charge in [0.1, 0.15) is 0 Å². The highest BCUT2D eigenvalue weighted by Gasteiger charge is 2.11. The average Bonchev–Trinajstić information content (AvgIpc) is 2.84. The van der Waals surface area contributed by atoms with E-state index < -0.39 is 0 Å². The number of rotatable bonds is 4. The summed E-state index contributed by atoms with van der Waals surface area (Å²) in [7, 11) is 0. The Kier molecular flexibility index (Phi) is 3.81. The molecule has 2 aromatic rings. The Morgan fingerprint density at radius 3 is 3.11 bits per heavy atom. The minimum absolute atomic E-state index is 0.719. The van der Waals surface area contributed by atoms with E-state index in [0.29, 0.717) is 0 Å². The lowest BCUT2D eigenvalue weighted by molar-refractivity contribution is 0.389. The molecule has 0 spiro atoms. The first-order valence-electron chi connectivity index (χ1n) is 6.87. The first kappa shape index (κ1) is 12.0. The summed E-state index contributed by atoms with van der Waals surface area (Å²) in [5.74, 6) is 0. The molecule has 0 saturated carbocycles. The fourth-order valence-corrected chi connectivity index (χ4v) is 3.58. The van der Waals surface area contributed by atoms with Crippen molar-refractivity contribution < 1.29 is 0 Å². The molecule has 96 valence electrons. The normalized spacial score (nSPS) is 20.1. The van der Waals surface area contributed by atoms with Crippen molar-refractivity contribution >= 4 is 27.1 Å². The molecule has 1 aromatic carbocycles. The zero-order chi connectivity index (χ0) is 12.2. The van der Waals surface area contributed by atoms with E-state index in [2.05, 4.69) is 40.3 Å². The maximum atomic E-state index is 3.60. The largest absolute Gasteiger partial charge is 0.384 e. The van der Waals surface area contributed by atoms with Crippen molar-refractivity contribution in [2.75, 3.05) is 18.4 Å². The molecule has 1 saturated heterocycles. The van der Waals surface area contributed by atoms with Crippen molar-refractivity contribution in [3.63, 3.8) is 0 Å². The van der Waals surface area contributed by atoms with Gasteiger partial charge < -0.3 is 10.6 Å². The van der Waals surface area contributed by atoms with Gasteiger partial charge in [0.25, 0.3) is 0 Å². The molecule has 0 aliphatic carbocycles. The highest BCUT2D eigenvalue weighted by molar-refractivity contribution is 7.17. The van der Waals surface area contributed by atoms with E-state index >= 15 is 0 Å². The number of nitrogens with one attached hydrogen (secondary N) is 2. The van der Waals surface area contributed by atoms with Crippen LogP contribution in [-0.4, -0.2) is 19.1 Å². The Balaban J connectivity index is 1.56. The van der Waals surface area contributed by atoms with Gasteiger partial charge in [-0.25, -0.2) is 0 Å². The van der Waals surface area contributed by atoms with E-state index in [9.17, 15) is 0 Å². The summed E-state index contributed by atoms with van der Waals surface area (Å²) in [4.78, 5) is 0. The third-order valence-electron chi connectivity index (χ3n) is 3.70. The van der Waals surface area contributed by atoms with Crippen molar-refractivity contribution in [2.24, 2.45) is 0 Å². The molecule has 1 aliphatic rings. The van der Waals surface area contributed by atoms with Gasteiger partial charge in [-0.1, -0.05) is 24.6 Å². The van der Waals surface area contributed by atoms with E-state index in [1.54, 1.807) is 0 Å². The summed E-state index contributed by atoms with van der Waals surface area (Å²) in [5, 5.41) is 10.8. The second kappa shape index (κ2) is 5.72. The molecular weight excluding hydrogens is 240 g/mol. The summed E-state index contributed by atoms with van der Waals surface area (Å²) >= 11 is 1.82. The van der Waals surface area contributed by atoms with E-state index in [-0.39, 0.29) is 0 Å². The average molecular weight is 260 g/mol. The molecule has 1 atom stereocenters. The van der Waals surface area contributed by atoms with Gasteiger partial charge in [0.05, 0.1) is 5.69 Å². The Hall–Kier alpha value is -1.06. The number of benzene rings is 1. The SMILES string of the molecule is c1ccc2c(NCCC3CCCCN3)csc2c1. The van der Waals surface area contributed by atoms with Crippen LogP contribution in [0.3, 0.4) is 0 Å². The van der Waals surface area contributed by atoms with Crippen LogP contribution >= 0.6 is 11.3 Å². The Morgan fingerprint density at radius 2 is 2.22 bits per heavy atom. The summed E-state index contributed by atoms with van der Waals surface area (Å²) in [5.41, 5.74) is 1.30. The minimum Gasteiger partial charge on any atom is -0.384 e. The molecule has 2 heterocycles. The predicted octanol–water partition coefficient (Wildman–Crippen LogP) is 3.85. The van der Waals surface area contributed by atoms with Gasteiger partial charge in [0.2, 0.25) is 0 Å². The standard InChI is InChI=1S/C15H20N2S/c1-2-7-15-13(6-1)14(11-18-15)17-10-8-12-5-3-4-9-16-12/h1-2,6-7,11-12,16-17H,3-5,8-10H2. The van der Waals surface area contributed by atoms with Crippen LogP contribution in [0.2, 0.25) is 0 Å². The molecule has 0 bridgehead atoms. The van der Waals surface area contributed by atoms with Crippen LogP contribution in [0.25, 0.3) is 10.1 Å². The van der Waals surface area contributed by atoms with E-state index in [1.165, 1.54) is 48.0 Å². The van der Waals surface area contributed by atoms with Gasteiger partial charge in [-0.15, -0.1) is 11.3 Å². The summed E-state index contributed by atoms with van der Waals surface area (Å²) < 4.78 is 1.37. The molecule has 1 aliphatic heterocycles. The minimum atomic E-state index is 0.719. The topological polar surface area (TPSA) is 24.1 Å². The predicted molar refractivity (Wildman–Crippen MR) is 80.6 cm³/mol. The molecule has 1 fully saturated rings. The lowest BCUT2D eigenvalue weighted by atomic mass is 10.0. The van der Waals surface area contributed by atoms with E-state index in [1.807, 2.05) is 11.3 Å². The van der Waals surface area contributed by atoms with Crippen LogP contribution in [0.4, 0.5) is 5.69 Å². The zero-order valence-electron chi connectivity index (χ0n) is 10.6. The highest BCUT2D eigenvalue weighted by Crippen LogP contribution is 2.29. The number of thiophene rings is 1. The van der Waals surface area contributed by atoms with E-state index in [0.717, 1.165) is 12.6 Å². The molecule has 1 unspecified atom stereocenters. The van der Waals surface area contributed by atoms with Crippen LogP contribution in [0.15, 0.2) is 29.6 Å². The molecule has 0 amide bonds. The first-order chi connectivity index (χ1) is 8.93. The van der Waals surface area contributed by atoms with Crippen molar-refractivity contribution in [2.45, 2.75) is 31.7 Å². The lowest BCUT2D eigenvalue weighted by Gasteiger charge is -2.23. The third-order valence-corrected chi connectivity index (χ3v) is 4.67. The van der Waals surface area contributed by atoms with Crippen LogP contribution in [-0.2, 0) is 0 Å². The fourth-order valence-electron chi connectivity index (χ4n) is 2.67. The molecule has 3 heteroatoms. The van der Waals surface area contributed by atoms with Gasteiger partial charge >= 0.3 is 0 Å². The Labute approximate surface area is 112 Å². The second-order valence-corrected chi connectivity index (χ2v) is 5.92. The van der Waals surface area contributed by atoms with Gasteiger partial charge in [0.15, 0.2) is 0 Å². The zero-order valence-corrected chi connectivity index (χ0v) is 11.4. The molecule has 2 nitrogen and oxygen atoms in total. The van der Waals surface area contributed by atoms with Gasteiger partial charge in [0, 0.05) is 28.1 Å².